The third-order valence-electron chi connectivity index (χ3n) is 3.21. The highest BCUT2D eigenvalue weighted by molar-refractivity contribution is 6.31. The molecular weight excluding hydrogens is 252 g/mol. The van der Waals surface area contributed by atoms with Crippen molar-refractivity contribution in [2.24, 2.45) is 0 Å². The van der Waals surface area contributed by atoms with Gasteiger partial charge in [-0.1, -0.05) is 17.7 Å². The minimum atomic E-state index is -0.421. The molecule has 0 N–H and O–H groups in total. The molecule has 1 unspecified atom stereocenters. The van der Waals surface area contributed by atoms with E-state index < -0.39 is 6.04 Å². The van der Waals surface area contributed by atoms with Gasteiger partial charge in [-0.2, -0.15) is 0 Å². The van der Waals surface area contributed by atoms with Crippen molar-refractivity contribution in [2.75, 3.05) is 20.1 Å². The normalized spacial score (nSPS) is 20.2. The van der Waals surface area contributed by atoms with Crippen molar-refractivity contribution in [1.29, 1.82) is 0 Å². The first-order chi connectivity index (χ1) is 8.50. The second-order valence-electron chi connectivity index (χ2n) is 4.44. The van der Waals surface area contributed by atoms with E-state index in [1.165, 1.54) is 0 Å². The van der Waals surface area contributed by atoms with Crippen molar-refractivity contribution < 1.29 is 9.59 Å². The van der Waals surface area contributed by atoms with Crippen molar-refractivity contribution >= 4 is 23.4 Å². The molecule has 1 atom stereocenters. The standard InChI is InChI=1S/C13H15ClN2O2/c1-9-12(17)15(2)6-7-16(9)13(18)10-4-3-5-11(14)8-10/h3-5,8-9H,6-7H2,1-2H3. The number of benzene rings is 1. The highest BCUT2D eigenvalue weighted by atomic mass is 35.5. The van der Waals surface area contributed by atoms with Gasteiger partial charge in [0.1, 0.15) is 6.04 Å². The Bertz CT molecular complexity index is 490. The fraction of sp³-hybridized carbons (Fsp3) is 0.385. The molecular formula is C13H15ClN2O2. The lowest BCUT2D eigenvalue weighted by Crippen LogP contribution is -2.56. The molecule has 1 aliphatic rings. The number of hydrogen-bond donors (Lipinski definition) is 0. The van der Waals surface area contributed by atoms with Crippen molar-refractivity contribution in [3.05, 3.63) is 34.9 Å². The Morgan fingerprint density at radius 2 is 2.11 bits per heavy atom. The van der Waals surface area contributed by atoms with Crippen LogP contribution in [0.15, 0.2) is 24.3 Å². The zero-order chi connectivity index (χ0) is 13.3. The van der Waals surface area contributed by atoms with E-state index in [4.69, 9.17) is 11.6 Å². The van der Waals surface area contributed by atoms with E-state index in [1.54, 1.807) is 48.0 Å². The van der Waals surface area contributed by atoms with Crippen molar-refractivity contribution in [3.8, 4) is 0 Å². The van der Waals surface area contributed by atoms with Crippen LogP contribution >= 0.6 is 11.6 Å². The van der Waals surface area contributed by atoms with Crippen LogP contribution in [0.25, 0.3) is 0 Å². The number of hydrogen-bond acceptors (Lipinski definition) is 2. The number of halogens is 1. The Kier molecular flexibility index (Phi) is 3.57. The first-order valence-electron chi connectivity index (χ1n) is 5.82. The molecule has 0 bridgehead atoms. The lowest BCUT2D eigenvalue weighted by molar-refractivity contribution is -0.137. The Morgan fingerprint density at radius 1 is 1.39 bits per heavy atom. The number of amides is 2. The van der Waals surface area contributed by atoms with E-state index in [0.29, 0.717) is 23.7 Å². The van der Waals surface area contributed by atoms with Crippen molar-refractivity contribution in [1.82, 2.24) is 9.80 Å². The summed E-state index contributed by atoms with van der Waals surface area (Å²) in [5.41, 5.74) is 0.520. The maximum Gasteiger partial charge on any atom is 0.254 e. The van der Waals surface area contributed by atoms with Crippen LogP contribution in [0.2, 0.25) is 5.02 Å². The molecule has 0 aliphatic carbocycles. The number of carbonyl (C=O) groups is 2. The molecule has 0 aromatic heterocycles. The van der Waals surface area contributed by atoms with Gasteiger partial charge in [0, 0.05) is 30.7 Å². The Morgan fingerprint density at radius 3 is 2.78 bits per heavy atom. The quantitative estimate of drug-likeness (QED) is 0.775. The molecule has 96 valence electrons. The number of likely N-dealkylation sites (N-methyl/N-ethyl adjacent to an activating group) is 1. The summed E-state index contributed by atoms with van der Waals surface area (Å²) in [6.45, 7) is 2.87. The smallest absolute Gasteiger partial charge is 0.254 e. The summed E-state index contributed by atoms with van der Waals surface area (Å²) in [4.78, 5) is 27.4. The van der Waals surface area contributed by atoms with Gasteiger partial charge in [0.05, 0.1) is 0 Å². The zero-order valence-corrected chi connectivity index (χ0v) is 11.1. The highest BCUT2D eigenvalue weighted by Crippen LogP contribution is 2.17. The molecule has 2 amide bonds. The number of nitrogens with zero attached hydrogens (tertiary/aromatic N) is 2. The predicted molar refractivity (Wildman–Crippen MR) is 69.6 cm³/mol. The molecule has 1 aromatic rings. The average molecular weight is 267 g/mol. The van der Waals surface area contributed by atoms with Gasteiger partial charge in [0.25, 0.3) is 5.91 Å². The highest BCUT2D eigenvalue weighted by Gasteiger charge is 2.32. The number of carbonyl (C=O) groups excluding carboxylic acids is 2. The Labute approximate surface area is 111 Å². The third kappa shape index (κ3) is 2.34. The monoisotopic (exact) mass is 266 g/mol. The second kappa shape index (κ2) is 4.98. The van der Waals surface area contributed by atoms with E-state index in [-0.39, 0.29) is 11.8 Å². The molecule has 1 aliphatic heterocycles. The average Bonchev–Trinajstić information content (AvgIpc) is 2.35. The van der Waals surface area contributed by atoms with Gasteiger partial charge in [-0.05, 0) is 25.1 Å². The van der Waals surface area contributed by atoms with Gasteiger partial charge in [-0.3, -0.25) is 9.59 Å². The SMILES string of the molecule is CC1C(=O)N(C)CCN1C(=O)c1cccc(Cl)c1. The van der Waals surface area contributed by atoms with Crippen LogP contribution in [0, 0.1) is 0 Å². The molecule has 5 heteroatoms. The van der Waals surface area contributed by atoms with Crippen LogP contribution in [0.4, 0.5) is 0 Å². The van der Waals surface area contributed by atoms with Crippen LogP contribution in [-0.4, -0.2) is 47.8 Å². The second-order valence-corrected chi connectivity index (χ2v) is 4.88. The van der Waals surface area contributed by atoms with Crippen LogP contribution in [-0.2, 0) is 4.79 Å². The molecule has 18 heavy (non-hydrogen) atoms. The maximum atomic E-state index is 12.3. The van der Waals surface area contributed by atoms with Crippen LogP contribution in [0.3, 0.4) is 0 Å². The van der Waals surface area contributed by atoms with Crippen LogP contribution in [0.5, 0.6) is 0 Å². The summed E-state index contributed by atoms with van der Waals surface area (Å²) in [5.74, 6) is -0.178. The molecule has 1 heterocycles. The number of piperazine rings is 1. The molecule has 1 saturated heterocycles. The molecule has 0 spiro atoms. The summed E-state index contributed by atoms with van der Waals surface area (Å²) in [5, 5.41) is 0.522. The largest absolute Gasteiger partial charge is 0.342 e. The predicted octanol–water partition coefficient (Wildman–Crippen LogP) is 1.64. The van der Waals surface area contributed by atoms with Gasteiger partial charge in [0.15, 0.2) is 0 Å². The zero-order valence-electron chi connectivity index (χ0n) is 10.4. The molecule has 2 rings (SSSR count). The van der Waals surface area contributed by atoms with Crippen molar-refractivity contribution in [3.63, 3.8) is 0 Å². The summed E-state index contributed by atoms with van der Waals surface area (Å²) in [7, 11) is 1.75. The minimum Gasteiger partial charge on any atom is -0.342 e. The lowest BCUT2D eigenvalue weighted by Gasteiger charge is -2.37. The van der Waals surface area contributed by atoms with Gasteiger partial charge >= 0.3 is 0 Å². The Balaban J connectivity index is 2.22. The summed E-state index contributed by atoms with van der Waals surface area (Å²) < 4.78 is 0. The third-order valence-corrected chi connectivity index (χ3v) is 3.44. The summed E-state index contributed by atoms with van der Waals surface area (Å²) >= 11 is 5.87. The first kappa shape index (κ1) is 12.9. The van der Waals surface area contributed by atoms with E-state index in [9.17, 15) is 9.59 Å². The fourth-order valence-electron chi connectivity index (χ4n) is 2.08. The van der Waals surface area contributed by atoms with E-state index in [0.717, 1.165) is 0 Å². The fourth-order valence-corrected chi connectivity index (χ4v) is 2.27. The van der Waals surface area contributed by atoms with Crippen molar-refractivity contribution in [2.45, 2.75) is 13.0 Å². The van der Waals surface area contributed by atoms with Crippen LogP contribution < -0.4 is 0 Å². The molecule has 1 fully saturated rings. The minimum absolute atomic E-state index is 0.0309. The molecule has 4 nitrogen and oxygen atoms in total. The molecule has 0 radical (unpaired) electrons. The molecule has 1 aromatic carbocycles. The Hall–Kier alpha value is -1.55. The first-order valence-corrected chi connectivity index (χ1v) is 6.20. The van der Waals surface area contributed by atoms with Gasteiger partial charge in [-0.15, -0.1) is 0 Å². The van der Waals surface area contributed by atoms with E-state index >= 15 is 0 Å². The van der Waals surface area contributed by atoms with Gasteiger partial charge in [0.2, 0.25) is 5.91 Å². The maximum absolute atomic E-state index is 12.3. The van der Waals surface area contributed by atoms with E-state index in [2.05, 4.69) is 0 Å². The van der Waals surface area contributed by atoms with Gasteiger partial charge < -0.3 is 9.80 Å². The summed E-state index contributed by atoms with van der Waals surface area (Å²) in [6, 6.07) is 6.37. The lowest BCUT2D eigenvalue weighted by atomic mass is 10.1. The van der Waals surface area contributed by atoms with Crippen LogP contribution in [0.1, 0.15) is 17.3 Å². The molecule has 0 saturated carbocycles. The van der Waals surface area contributed by atoms with Gasteiger partial charge in [-0.25, -0.2) is 0 Å². The topological polar surface area (TPSA) is 40.6 Å². The van der Waals surface area contributed by atoms with E-state index in [1.807, 2.05) is 0 Å². The number of rotatable bonds is 1. The summed E-state index contributed by atoms with van der Waals surface area (Å²) in [6.07, 6.45) is 0.